The molecule has 4 aliphatic rings. The molecule has 1 aromatic heterocycles. The van der Waals surface area contributed by atoms with Crippen LogP contribution in [0, 0.1) is 12.8 Å². The van der Waals surface area contributed by atoms with Gasteiger partial charge in [-0.05, 0) is 72.8 Å². The molecule has 7 nitrogen and oxygen atoms in total. The van der Waals surface area contributed by atoms with Crippen LogP contribution in [-0.2, 0) is 10.2 Å². The molecule has 1 spiro atoms. The quantitative estimate of drug-likeness (QED) is 0.300. The Morgan fingerprint density at radius 2 is 1.79 bits per heavy atom. The molecule has 4 aromatic rings. The van der Waals surface area contributed by atoms with Gasteiger partial charge in [0, 0.05) is 22.5 Å². The van der Waals surface area contributed by atoms with Gasteiger partial charge in [0.2, 0.25) is 12.7 Å². The number of hydrogen-bond acceptors (Lipinski definition) is 7. The first-order valence-electron chi connectivity index (χ1n) is 13.9. The lowest BCUT2D eigenvalue weighted by Crippen LogP contribution is -2.51. The average molecular weight is 575 g/mol. The lowest BCUT2D eigenvalue weighted by molar-refractivity contribution is -0.121. The minimum absolute atomic E-state index is 0.0751. The zero-order chi connectivity index (χ0) is 28.7. The van der Waals surface area contributed by atoms with Gasteiger partial charge in [-0.1, -0.05) is 42.0 Å². The van der Waals surface area contributed by atoms with Gasteiger partial charge < -0.3 is 19.7 Å². The fourth-order valence-electron chi connectivity index (χ4n) is 7.34. The number of thiophene rings is 1. The zero-order valence-corrected chi connectivity index (χ0v) is 23.7. The number of carbonyl (C=O) groups excluding carboxylic acids is 3. The maximum atomic E-state index is 15.0. The Morgan fingerprint density at radius 1 is 0.952 bits per heavy atom. The van der Waals surface area contributed by atoms with E-state index in [0.717, 1.165) is 28.0 Å². The number of hydrogen-bond donors (Lipinski definition) is 1. The molecule has 3 aromatic carbocycles. The summed E-state index contributed by atoms with van der Waals surface area (Å²) in [4.78, 5) is 46.7. The highest BCUT2D eigenvalue weighted by atomic mass is 32.1. The molecule has 1 N–H and O–H groups in total. The average Bonchev–Trinajstić information content (AvgIpc) is 3.79. The molecule has 208 valence electrons. The third-order valence-corrected chi connectivity index (χ3v) is 9.99. The maximum Gasteiger partial charge on any atom is 0.238 e. The maximum absolute atomic E-state index is 15.0. The number of allylic oxidation sites excluding steroid dienone is 1. The SMILES string of the molecule is CC1=C[C@H]2N(c3ccc(C)cc31)[C@H](C(=O)c1cccs1)[C@H](C(=O)c1ccc3c(c1)OCO3)[C@]21C(=O)Nc2ccccc21. The smallest absolute Gasteiger partial charge is 0.238 e. The van der Waals surface area contributed by atoms with Crippen LogP contribution in [0.2, 0.25) is 0 Å². The number of benzene rings is 3. The third-order valence-electron chi connectivity index (χ3n) is 9.10. The molecule has 1 amide bonds. The molecule has 0 unspecified atom stereocenters. The summed E-state index contributed by atoms with van der Waals surface area (Å²) in [7, 11) is 0. The fourth-order valence-corrected chi connectivity index (χ4v) is 8.04. The van der Waals surface area contributed by atoms with Gasteiger partial charge in [-0.15, -0.1) is 11.3 Å². The summed E-state index contributed by atoms with van der Waals surface area (Å²) in [5, 5.41) is 4.94. The first-order valence-corrected chi connectivity index (χ1v) is 14.8. The minimum Gasteiger partial charge on any atom is -0.454 e. The van der Waals surface area contributed by atoms with E-state index in [2.05, 4.69) is 17.5 Å². The van der Waals surface area contributed by atoms with Crippen LogP contribution in [0.3, 0.4) is 0 Å². The first kappa shape index (κ1) is 25.1. The van der Waals surface area contributed by atoms with Crippen molar-refractivity contribution in [2.24, 2.45) is 5.92 Å². The molecule has 0 bridgehead atoms. The second-order valence-electron chi connectivity index (χ2n) is 11.3. The predicted octanol–water partition coefficient (Wildman–Crippen LogP) is 6.03. The Hall–Kier alpha value is -4.69. The van der Waals surface area contributed by atoms with Crippen molar-refractivity contribution < 1.29 is 23.9 Å². The highest BCUT2D eigenvalue weighted by Gasteiger charge is 2.70. The van der Waals surface area contributed by atoms with Crippen molar-refractivity contribution in [1.29, 1.82) is 0 Å². The van der Waals surface area contributed by atoms with E-state index in [4.69, 9.17) is 9.47 Å². The number of amides is 1. The van der Waals surface area contributed by atoms with Crippen molar-refractivity contribution in [2.75, 3.05) is 17.0 Å². The lowest BCUT2D eigenvalue weighted by Gasteiger charge is -2.39. The number of ether oxygens (including phenoxy) is 2. The van der Waals surface area contributed by atoms with Gasteiger partial charge in [0.15, 0.2) is 23.1 Å². The van der Waals surface area contributed by atoms with E-state index >= 15 is 0 Å². The highest BCUT2D eigenvalue weighted by Crippen LogP contribution is 2.59. The Morgan fingerprint density at radius 3 is 2.62 bits per heavy atom. The van der Waals surface area contributed by atoms with E-state index < -0.39 is 23.4 Å². The molecule has 0 radical (unpaired) electrons. The van der Waals surface area contributed by atoms with Crippen LogP contribution in [0.4, 0.5) is 11.4 Å². The summed E-state index contributed by atoms with van der Waals surface area (Å²) in [5.41, 5.74) is 4.34. The standard InChI is InChI=1S/C34H26N2O5S/c1-18-9-11-24-21(14-18)19(2)15-28-34(22-6-3-4-7-23(22)35-33(34)39)29(30(36(24)28)32(38)27-8-5-13-42-27)31(37)20-10-12-25-26(16-20)41-17-40-25/h3-16,28-30H,17H2,1-2H3,(H,35,39)/t28-,29-,30+,34-/m1/s1. The number of anilines is 2. The Labute approximate surface area is 246 Å². The van der Waals surface area contributed by atoms with Gasteiger partial charge in [0.05, 0.1) is 16.8 Å². The van der Waals surface area contributed by atoms with E-state index in [-0.39, 0.29) is 24.3 Å². The van der Waals surface area contributed by atoms with Crippen LogP contribution >= 0.6 is 11.3 Å². The Balaban J connectivity index is 1.43. The van der Waals surface area contributed by atoms with Crippen LogP contribution in [0.1, 0.15) is 43.6 Å². The van der Waals surface area contributed by atoms with E-state index in [9.17, 15) is 14.4 Å². The normalized spacial score (nSPS) is 24.6. The van der Waals surface area contributed by atoms with E-state index in [1.807, 2.05) is 66.6 Å². The molecular formula is C34H26N2O5S. The lowest BCUT2D eigenvalue weighted by atomic mass is 9.64. The summed E-state index contributed by atoms with van der Waals surface area (Å²) >= 11 is 1.34. The van der Waals surface area contributed by atoms with Crippen LogP contribution < -0.4 is 19.7 Å². The topological polar surface area (TPSA) is 84.9 Å². The summed E-state index contributed by atoms with van der Waals surface area (Å²) in [6.07, 6.45) is 2.07. The van der Waals surface area contributed by atoms with E-state index in [1.54, 1.807) is 24.3 Å². The number of para-hydroxylation sites is 1. The van der Waals surface area contributed by atoms with Crippen molar-refractivity contribution in [3.8, 4) is 11.5 Å². The number of rotatable bonds is 4. The molecule has 4 aliphatic heterocycles. The van der Waals surface area contributed by atoms with Crippen molar-refractivity contribution >= 4 is 45.8 Å². The molecule has 4 atom stereocenters. The van der Waals surface area contributed by atoms with Gasteiger partial charge in [0.1, 0.15) is 11.5 Å². The number of ketones is 2. The van der Waals surface area contributed by atoms with Crippen molar-refractivity contribution in [3.63, 3.8) is 0 Å². The molecule has 0 saturated carbocycles. The molecule has 1 saturated heterocycles. The second kappa shape index (κ2) is 8.90. The van der Waals surface area contributed by atoms with E-state index in [0.29, 0.717) is 27.6 Å². The van der Waals surface area contributed by atoms with Crippen LogP contribution in [0.15, 0.2) is 84.3 Å². The summed E-state index contributed by atoms with van der Waals surface area (Å²) < 4.78 is 11.1. The molecule has 42 heavy (non-hydrogen) atoms. The number of aryl methyl sites for hydroxylation is 1. The molecule has 8 heteroatoms. The summed E-state index contributed by atoms with van der Waals surface area (Å²) in [6, 6.07) is 20.9. The van der Waals surface area contributed by atoms with Crippen molar-refractivity contribution in [2.45, 2.75) is 31.3 Å². The van der Waals surface area contributed by atoms with Gasteiger partial charge in [0.25, 0.3) is 0 Å². The van der Waals surface area contributed by atoms with Gasteiger partial charge in [-0.3, -0.25) is 14.4 Å². The fraction of sp³-hybridized carbons (Fsp3) is 0.206. The number of fused-ring (bicyclic) bond motifs is 7. The van der Waals surface area contributed by atoms with Crippen LogP contribution in [-0.4, -0.2) is 36.4 Å². The number of nitrogens with one attached hydrogen (secondary N) is 1. The zero-order valence-electron chi connectivity index (χ0n) is 22.9. The van der Waals surface area contributed by atoms with E-state index in [1.165, 1.54) is 11.3 Å². The van der Waals surface area contributed by atoms with Gasteiger partial charge in [-0.25, -0.2) is 0 Å². The molecule has 0 aliphatic carbocycles. The Bertz CT molecular complexity index is 1860. The summed E-state index contributed by atoms with van der Waals surface area (Å²) in [5.74, 6) is -0.745. The Kier molecular flexibility index (Phi) is 5.31. The predicted molar refractivity (Wildman–Crippen MR) is 161 cm³/mol. The third kappa shape index (κ3) is 3.24. The number of Topliss-reactive ketones (excluding diaryl/α,β-unsaturated/α-hetero) is 2. The molecule has 8 rings (SSSR count). The number of nitrogens with zero attached hydrogens (tertiary/aromatic N) is 1. The van der Waals surface area contributed by atoms with Crippen LogP contribution in [0.5, 0.6) is 11.5 Å². The first-order chi connectivity index (χ1) is 20.4. The van der Waals surface area contributed by atoms with Crippen molar-refractivity contribution in [1.82, 2.24) is 0 Å². The highest BCUT2D eigenvalue weighted by molar-refractivity contribution is 7.12. The van der Waals surface area contributed by atoms with Crippen molar-refractivity contribution in [3.05, 3.63) is 111 Å². The number of carbonyl (C=O) groups is 3. The second-order valence-corrected chi connectivity index (χ2v) is 12.2. The minimum atomic E-state index is -1.36. The summed E-state index contributed by atoms with van der Waals surface area (Å²) in [6.45, 7) is 4.14. The van der Waals surface area contributed by atoms with Gasteiger partial charge >= 0.3 is 0 Å². The largest absolute Gasteiger partial charge is 0.454 e. The molecule has 5 heterocycles. The van der Waals surface area contributed by atoms with Gasteiger partial charge in [-0.2, -0.15) is 0 Å². The molecular weight excluding hydrogens is 548 g/mol. The molecule has 1 fully saturated rings. The van der Waals surface area contributed by atoms with Crippen LogP contribution in [0.25, 0.3) is 5.57 Å². The monoisotopic (exact) mass is 574 g/mol.